The SMILES string of the molecule is CCN(Cc1ccc(OC)c(N)c1)C1CC1. The second-order valence-corrected chi connectivity index (χ2v) is 4.37. The van der Waals surface area contributed by atoms with E-state index in [9.17, 15) is 0 Å². The number of hydrogen-bond donors (Lipinski definition) is 1. The van der Waals surface area contributed by atoms with Crippen LogP contribution >= 0.6 is 0 Å². The second kappa shape index (κ2) is 4.74. The summed E-state index contributed by atoms with van der Waals surface area (Å²) in [7, 11) is 1.65. The smallest absolute Gasteiger partial charge is 0.141 e. The van der Waals surface area contributed by atoms with Gasteiger partial charge in [0.05, 0.1) is 12.8 Å². The molecule has 1 saturated carbocycles. The molecular weight excluding hydrogens is 200 g/mol. The highest BCUT2D eigenvalue weighted by Gasteiger charge is 2.27. The van der Waals surface area contributed by atoms with Crippen molar-refractivity contribution < 1.29 is 4.74 Å². The van der Waals surface area contributed by atoms with Crippen LogP contribution in [0.15, 0.2) is 18.2 Å². The number of anilines is 1. The standard InChI is InChI=1S/C13H20N2O/c1-3-15(11-5-6-11)9-10-4-7-13(16-2)12(14)8-10/h4,7-8,11H,3,5-6,9,14H2,1-2H3. The number of nitrogen functional groups attached to an aromatic ring is 1. The molecule has 0 aliphatic heterocycles. The molecule has 0 bridgehead atoms. The Morgan fingerprint density at radius 1 is 1.44 bits per heavy atom. The van der Waals surface area contributed by atoms with Crippen LogP contribution in [0.2, 0.25) is 0 Å². The second-order valence-electron chi connectivity index (χ2n) is 4.37. The third-order valence-corrected chi connectivity index (χ3v) is 3.15. The molecule has 0 heterocycles. The minimum Gasteiger partial charge on any atom is -0.495 e. The molecule has 2 N–H and O–H groups in total. The lowest BCUT2D eigenvalue weighted by Crippen LogP contribution is -2.25. The van der Waals surface area contributed by atoms with E-state index in [0.717, 1.165) is 30.6 Å². The number of benzene rings is 1. The highest BCUT2D eigenvalue weighted by Crippen LogP contribution is 2.29. The van der Waals surface area contributed by atoms with E-state index >= 15 is 0 Å². The van der Waals surface area contributed by atoms with E-state index in [0.29, 0.717) is 0 Å². The van der Waals surface area contributed by atoms with Crippen molar-refractivity contribution in [3.63, 3.8) is 0 Å². The van der Waals surface area contributed by atoms with Crippen molar-refractivity contribution >= 4 is 5.69 Å². The molecule has 2 rings (SSSR count). The number of ether oxygens (including phenoxy) is 1. The van der Waals surface area contributed by atoms with Crippen LogP contribution in [0.4, 0.5) is 5.69 Å². The molecule has 0 radical (unpaired) electrons. The molecule has 0 unspecified atom stereocenters. The lowest BCUT2D eigenvalue weighted by molar-refractivity contribution is 0.269. The van der Waals surface area contributed by atoms with Crippen LogP contribution in [0.3, 0.4) is 0 Å². The Hall–Kier alpha value is -1.22. The summed E-state index contributed by atoms with van der Waals surface area (Å²) >= 11 is 0. The predicted molar refractivity (Wildman–Crippen MR) is 66.5 cm³/mol. The van der Waals surface area contributed by atoms with Gasteiger partial charge in [0.15, 0.2) is 0 Å². The molecule has 0 atom stereocenters. The van der Waals surface area contributed by atoms with Crippen LogP contribution in [0.1, 0.15) is 25.3 Å². The van der Waals surface area contributed by atoms with Crippen molar-refractivity contribution in [1.82, 2.24) is 4.90 Å². The third-order valence-electron chi connectivity index (χ3n) is 3.15. The molecule has 0 amide bonds. The summed E-state index contributed by atoms with van der Waals surface area (Å²) in [6, 6.07) is 6.86. The van der Waals surface area contributed by atoms with Crippen LogP contribution in [0.25, 0.3) is 0 Å². The first-order valence-electron chi connectivity index (χ1n) is 5.91. The van der Waals surface area contributed by atoms with Gasteiger partial charge in [-0.05, 0) is 37.1 Å². The molecule has 3 nitrogen and oxygen atoms in total. The topological polar surface area (TPSA) is 38.5 Å². The van der Waals surface area contributed by atoms with Gasteiger partial charge < -0.3 is 10.5 Å². The largest absolute Gasteiger partial charge is 0.495 e. The van der Waals surface area contributed by atoms with Crippen molar-refractivity contribution in [2.75, 3.05) is 19.4 Å². The van der Waals surface area contributed by atoms with Crippen LogP contribution in [0.5, 0.6) is 5.75 Å². The molecule has 0 saturated heterocycles. The minimum absolute atomic E-state index is 0.729. The highest BCUT2D eigenvalue weighted by molar-refractivity contribution is 5.54. The van der Waals surface area contributed by atoms with Gasteiger partial charge in [-0.25, -0.2) is 0 Å². The molecule has 3 heteroatoms. The summed E-state index contributed by atoms with van der Waals surface area (Å²) in [5.41, 5.74) is 7.90. The van der Waals surface area contributed by atoms with Gasteiger partial charge in [-0.15, -0.1) is 0 Å². The molecular formula is C13H20N2O. The zero-order chi connectivity index (χ0) is 11.5. The highest BCUT2D eigenvalue weighted by atomic mass is 16.5. The maximum absolute atomic E-state index is 5.90. The van der Waals surface area contributed by atoms with Gasteiger partial charge in [-0.2, -0.15) is 0 Å². The first kappa shape index (κ1) is 11.3. The maximum atomic E-state index is 5.90. The molecule has 0 spiro atoms. The number of rotatable bonds is 5. The van der Waals surface area contributed by atoms with Crippen LogP contribution in [-0.4, -0.2) is 24.6 Å². The quantitative estimate of drug-likeness (QED) is 0.774. The summed E-state index contributed by atoms with van der Waals surface area (Å²) in [4.78, 5) is 2.50. The van der Waals surface area contributed by atoms with Gasteiger partial charge in [0.1, 0.15) is 5.75 Å². The van der Waals surface area contributed by atoms with Gasteiger partial charge >= 0.3 is 0 Å². The molecule has 1 fully saturated rings. The maximum Gasteiger partial charge on any atom is 0.141 e. The Morgan fingerprint density at radius 3 is 2.69 bits per heavy atom. The van der Waals surface area contributed by atoms with Crippen molar-refractivity contribution in [1.29, 1.82) is 0 Å². The van der Waals surface area contributed by atoms with Gasteiger partial charge in [0.25, 0.3) is 0 Å². The Balaban J connectivity index is 2.05. The molecule has 16 heavy (non-hydrogen) atoms. The van der Waals surface area contributed by atoms with Crippen molar-refractivity contribution in [2.45, 2.75) is 32.4 Å². The first-order valence-corrected chi connectivity index (χ1v) is 5.91. The number of hydrogen-bond acceptors (Lipinski definition) is 3. The van der Waals surface area contributed by atoms with E-state index in [1.54, 1.807) is 7.11 Å². The van der Waals surface area contributed by atoms with Crippen LogP contribution in [0, 0.1) is 0 Å². The van der Waals surface area contributed by atoms with Gasteiger partial charge in [0.2, 0.25) is 0 Å². The summed E-state index contributed by atoms with van der Waals surface area (Å²) in [5.74, 6) is 0.762. The summed E-state index contributed by atoms with van der Waals surface area (Å²) in [6.45, 7) is 4.32. The van der Waals surface area contributed by atoms with E-state index in [-0.39, 0.29) is 0 Å². The lowest BCUT2D eigenvalue weighted by Gasteiger charge is -2.20. The Kier molecular flexibility index (Phi) is 3.34. The van der Waals surface area contributed by atoms with E-state index in [4.69, 9.17) is 10.5 Å². The molecule has 1 aromatic rings. The predicted octanol–water partition coefficient (Wildman–Crippen LogP) is 2.26. The fourth-order valence-electron chi connectivity index (χ4n) is 2.06. The van der Waals surface area contributed by atoms with Gasteiger partial charge in [-0.1, -0.05) is 13.0 Å². The first-order chi connectivity index (χ1) is 7.74. The fourth-order valence-corrected chi connectivity index (χ4v) is 2.06. The van der Waals surface area contributed by atoms with Crippen molar-refractivity contribution in [2.24, 2.45) is 0 Å². The van der Waals surface area contributed by atoms with Crippen LogP contribution in [-0.2, 0) is 6.54 Å². The summed E-state index contributed by atoms with van der Waals surface area (Å²) in [6.07, 6.45) is 2.69. The Morgan fingerprint density at radius 2 is 2.19 bits per heavy atom. The number of methoxy groups -OCH3 is 1. The van der Waals surface area contributed by atoms with E-state index < -0.39 is 0 Å². The van der Waals surface area contributed by atoms with Crippen molar-refractivity contribution in [3.05, 3.63) is 23.8 Å². The summed E-state index contributed by atoms with van der Waals surface area (Å²) < 4.78 is 5.15. The zero-order valence-electron chi connectivity index (χ0n) is 10.1. The lowest BCUT2D eigenvalue weighted by atomic mass is 10.1. The van der Waals surface area contributed by atoms with Gasteiger partial charge in [-0.3, -0.25) is 4.90 Å². The fraction of sp³-hybridized carbons (Fsp3) is 0.538. The monoisotopic (exact) mass is 220 g/mol. The Bertz CT molecular complexity index is 361. The average Bonchev–Trinajstić information content (AvgIpc) is 3.10. The third kappa shape index (κ3) is 2.47. The zero-order valence-corrected chi connectivity index (χ0v) is 10.1. The summed E-state index contributed by atoms with van der Waals surface area (Å²) in [5, 5.41) is 0. The van der Waals surface area contributed by atoms with Crippen molar-refractivity contribution in [3.8, 4) is 5.75 Å². The van der Waals surface area contributed by atoms with Gasteiger partial charge in [0, 0.05) is 12.6 Å². The molecule has 88 valence electrons. The van der Waals surface area contributed by atoms with E-state index in [2.05, 4.69) is 17.9 Å². The molecule has 1 aliphatic carbocycles. The number of nitrogens with two attached hydrogens (primary N) is 1. The Labute approximate surface area is 97.2 Å². The average molecular weight is 220 g/mol. The minimum atomic E-state index is 0.729. The number of nitrogens with zero attached hydrogens (tertiary/aromatic N) is 1. The molecule has 1 aromatic carbocycles. The molecule has 0 aromatic heterocycles. The normalized spacial score (nSPS) is 15.4. The van der Waals surface area contributed by atoms with E-state index in [1.807, 2.05) is 12.1 Å². The van der Waals surface area contributed by atoms with Crippen LogP contribution < -0.4 is 10.5 Å². The molecule has 1 aliphatic rings. The van der Waals surface area contributed by atoms with E-state index in [1.165, 1.54) is 18.4 Å².